The standard InChI is InChI=1S/C16H23N3/c1-12-8-13(2)16-15(9-12)14(10-18(16)3)11-19-6-4-17-5-7-19/h8-10,17H,4-7,11H2,1-3H3. The largest absolute Gasteiger partial charge is 0.350 e. The number of nitrogens with zero attached hydrogens (tertiary/aromatic N) is 2. The molecule has 1 saturated heterocycles. The van der Waals surface area contributed by atoms with Crippen molar-refractivity contribution in [3.63, 3.8) is 0 Å². The molecule has 0 bridgehead atoms. The highest BCUT2D eigenvalue weighted by Crippen LogP contribution is 2.26. The lowest BCUT2D eigenvalue weighted by atomic mass is 10.1. The number of aromatic nitrogens is 1. The summed E-state index contributed by atoms with van der Waals surface area (Å²) >= 11 is 0. The zero-order valence-electron chi connectivity index (χ0n) is 12.2. The first-order chi connectivity index (χ1) is 9.15. The first-order valence-corrected chi connectivity index (χ1v) is 7.13. The molecular weight excluding hydrogens is 234 g/mol. The summed E-state index contributed by atoms with van der Waals surface area (Å²) in [6.07, 6.45) is 2.30. The molecule has 1 aliphatic heterocycles. The molecule has 102 valence electrons. The Morgan fingerprint density at radius 3 is 2.63 bits per heavy atom. The van der Waals surface area contributed by atoms with Gasteiger partial charge in [0.25, 0.3) is 0 Å². The van der Waals surface area contributed by atoms with Crippen LogP contribution in [0.2, 0.25) is 0 Å². The second-order valence-electron chi connectivity index (χ2n) is 5.77. The Kier molecular flexibility index (Phi) is 3.33. The van der Waals surface area contributed by atoms with Gasteiger partial charge in [-0.15, -0.1) is 0 Å². The molecule has 3 heteroatoms. The van der Waals surface area contributed by atoms with Crippen molar-refractivity contribution in [2.24, 2.45) is 7.05 Å². The molecule has 19 heavy (non-hydrogen) atoms. The van der Waals surface area contributed by atoms with Crippen molar-refractivity contribution in [1.29, 1.82) is 0 Å². The third kappa shape index (κ3) is 2.40. The molecule has 1 fully saturated rings. The van der Waals surface area contributed by atoms with Crippen molar-refractivity contribution in [3.05, 3.63) is 35.0 Å². The maximum atomic E-state index is 3.41. The van der Waals surface area contributed by atoms with Gasteiger partial charge in [0.1, 0.15) is 0 Å². The summed E-state index contributed by atoms with van der Waals surface area (Å²) in [7, 11) is 2.16. The van der Waals surface area contributed by atoms with Gasteiger partial charge in [-0.3, -0.25) is 4.90 Å². The number of hydrogen-bond acceptors (Lipinski definition) is 2. The van der Waals surface area contributed by atoms with Crippen LogP contribution in [0.5, 0.6) is 0 Å². The number of nitrogens with one attached hydrogen (secondary N) is 1. The van der Waals surface area contributed by atoms with Gasteiger partial charge in [0, 0.05) is 51.4 Å². The molecule has 0 radical (unpaired) electrons. The minimum Gasteiger partial charge on any atom is -0.350 e. The molecule has 0 amide bonds. The molecule has 0 saturated carbocycles. The van der Waals surface area contributed by atoms with Crippen LogP contribution in [0.15, 0.2) is 18.3 Å². The van der Waals surface area contributed by atoms with Crippen LogP contribution >= 0.6 is 0 Å². The van der Waals surface area contributed by atoms with Gasteiger partial charge < -0.3 is 9.88 Å². The van der Waals surface area contributed by atoms with Gasteiger partial charge in [0.15, 0.2) is 0 Å². The van der Waals surface area contributed by atoms with Gasteiger partial charge in [-0.05, 0) is 31.0 Å². The SMILES string of the molecule is Cc1cc(C)c2c(c1)c(CN1CCNCC1)cn2C. The highest BCUT2D eigenvalue weighted by atomic mass is 15.2. The lowest BCUT2D eigenvalue weighted by Crippen LogP contribution is -2.42. The van der Waals surface area contributed by atoms with Crippen LogP contribution in [0, 0.1) is 13.8 Å². The minimum absolute atomic E-state index is 1.07. The van der Waals surface area contributed by atoms with Gasteiger partial charge in [0.2, 0.25) is 0 Å². The van der Waals surface area contributed by atoms with Crippen molar-refractivity contribution < 1.29 is 0 Å². The summed E-state index contributed by atoms with van der Waals surface area (Å²) in [5.74, 6) is 0. The summed E-state index contributed by atoms with van der Waals surface area (Å²) in [4.78, 5) is 2.54. The van der Waals surface area contributed by atoms with E-state index in [4.69, 9.17) is 0 Å². The maximum Gasteiger partial charge on any atom is 0.0510 e. The fourth-order valence-electron chi connectivity index (χ4n) is 3.28. The van der Waals surface area contributed by atoms with Crippen LogP contribution in [0.4, 0.5) is 0 Å². The van der Waals surface area contributed by atoms with E-state index < -0.39 is 0 Å². The third-order valence-electron chi connectivity index (χ3n) is 4.10. The van der Waals surface area contributed by atoms with Crippen molar-refractivity contribution >= 4 is 10.9 Å². The van der Waals surface area contributed by atoms with Crippen LogP contribution in [0.3, 0.4) is 0 Å². The lowest BCUT2D eigenvalue weighted by molar-refractivity contribution is 0.234. The van der Waals surface area contributed by atoms with Gasteiger partial charge in [-0.25, -0.2) is 0 Å². The molecule has 2 heterocycles. The van der Waals surface area contributed by atoms with Crippen LogP contribution in [0.25, 0.3) is 10.9 Å². The molecule has 1 aliphatic rings. The van der Waals surface area contributed by atoms with E-state index in [-0.39, 0.29) is 0 Å². The van der Waals surface area contributed by atoms with Gasteiger partial charge in [-0.2, -0.15) is 0 Å². The normalized spacial score (nSPS) is 17.2. The van der Waals surface area contributed by atoms with Crippen molar-refractivity contribution in [2.45, 2.75) is 20.4 Å². The third-order valence-corrected chi connectivity index (χ3v) is 4.10. The van der Waals surface area contributed by atoms with Crippen LogP contribution in [-0.2, 0) is 13.6 Å². The van der Waals surface area contributed by atoms with E-state index >= 15 is 0 Å². The Bertz CT molecular complexity index is 592. The van der Waals surface area contributed by atoms with E-state index in [0.717, 1.165) is 32.7 Å². The molecule has 3 nitrogen and oxygen atoms in total. The zero-order valence-corrected chi connectivity index (χ0v) is 12.2. The van der Waals surface area contributed by atoms with Gasteiger partial charge in [0.05, 0.1) is 5.52 Å². The number of piperazine rings is 1. The summed E-state index contributed by atoms with van der Waals surface area (Å²) < 4.78 is 2.28. The van der Waals surface area contributed by atoms with Crippen LogP contribution < -0.4 is 5.32 Å². The number of hydrogen-bond donors (Lipinski definition) is 1. The summed E-state index contributed by atoms with van der Waals surface area (Å²) in [6, 6.07) is 4.61. The molecule has 2 aromatic rings. The van der Waals surface area contributed by atoms with E-state index in [1.165, 1.54) is 27.6 Å². The van der Waals surface area contributed by atoms with E-state index in [0.29, 0.717) is 0 Å². The van der Waals surface area contributed by atoms with Crippen molar-refractivity contribution in [3.8, 4) is 0 Å². The van der Waals surface area contributed by atoms with Gasteiger partial charge >= 0.3 is 0 Å². The van der Waals surface area contributed by atoms with Crippen LogP contribution in [-0.4, -0.2) is 35.6 Å². The van der Waals surface area contributed by atoms with E-state index in [2.05, 4.69) is 54.0 Å². The van der Waals surface area contributed by atoms with E-state index in [1.807, 2.05) is 0 Å². The first kappa shape index (κ1) is 12.7. The molecular formula is C16H23N3. The van der Waals surface area contributed by atoms with E-state index in [9.17, 15) is 0 Å². The number of rotatable bonds is 2. The molecule has 0 unspecified atom stereocenters. The first-order valence-electron chi connectivity index (χ1n) is 7.13. The fraction of sp³-hybridized carbons (Fsp3) is 0.500. The topological polar surface area (TPSA) is 20.2 Å². The molecule has 1 N–H and O–H groups in total. The lowest BCUT2D eigenvalue weighted by Gasteiger charge is -2.26. The maximum absolute atomic E-state index is 3.41. The molecule has 1 aromatic carbocycles. The van der Waals surface area contributed by atoms with Crippen molar-refractivity contribution in [1.82, 2.24) is 14.8 Å². The Hall–Kier alpha value is -1.32. The second-order valence-corrected chi connectivity index (χ2v) is 5.77. The average molecular weight is 257 g/mol. The fourth-order valence-corrected chi connectivity index (χ4v) is 3.28. The second kappa shape index (κ2) is 4.99. The molecule has 0 atom stereocenters. The highest BCUT2D eigenvalue weighted by molar-refractivity contribution is 5.87. The molecule has 3 rings (SSSR count). The van der Waals surface area contributed by atoms with E-state index in [1.54, 1.807) is 0 Å². The Morgan fingerprint density at radius 2 is 1.89 bits per heavy atom. The molecule has 1 aromatic heterocycles. The smallest absolute Gasteiger partial charge is 0.0510 e. The number of fused-ring (bicyclic) bond motifs is 1. The zero-order chi connectivity index (χ0) is 13.4. The Balaban J connectivity index is 1.99. The number of aryl methyl sites for hydroxylation is 3. The predicted molar refractivity (Wildman–Crippen MR) is 80.5 cm³/mol. The Morgan fingerprint density at radius 1 is 1.16 bits per heavy atom. The quantitative estimate of drug-likeness (QED) is 0.890. The number of benzene rings is 1. The summed E-state index contributed by atoms with van der Waals surface area (Å²) in [5, 5.41) is 4.84. The average Bonchev–Trinajstić information content (AvgIpc) is 2.67. The monoisotopic (exact) mass is 257 g/mol. The highest BCUT2D eigenvalue weighted by Gasteiger charge is 2.14. The summed E-state index contributed by atoms with van der Waals surface area (Å²) in [6.45, 7) is 10.0. The molecule has 0 aliphatic carbocycles. The minimum atomic E-state index is 1.07. The van der Waals surface area contributed by atoms with Crippen molar-refractivity contribution in [2.75, 3.05) is 26.2 Å². The van der Waals surface area contributed by atoms with Gasteiger partial charge in [-0.1, -0.05) is 11.6 Å². The molecule has 0 spiro atoms. The Labute approximate surface area is 115 Å². The predicted octanol–water partition coefficient (Wildman–Crippen LogP) is 2.20. The summed E-state index contributed by atoms with van der Waals surface area (Å²) in [5.41, 5.74) is 5.59. The van der Waals surface area contributed by atoms with Crippen LogP contribution in [0.1, 0.15) is 16.7 Å².